The van der Waals surface area contributed by atoms with Gasteiger partial charge in [-0.25, -0.2) is 4.98 Å². The van der Waals surface area contributed by atoms with Gasteiger partial charge in [0, 0.05) is 0 Å². The van der Waals surface area contributed by atoms with E-state index in [1.165, 1.54) is 6.20 Å². The van der Waals surface area contributed by atoms with E-state index in [2.05, 4.69) is 4.98 Å². The zero-order valence-electron chi connectivity index (χ0n) is 6.77. The van der Waals surface area contributed by atoms with Gasteiger partial charge in [-0.1, -0.05) is 11.3 Å². The molecule has 0 unspecified atom stereocenters. The summed E-state index contributed by atoms with van der Waals surface area (Å²) in [6, 6.07) is 0. The Kier molecular flexibility index (Phi) is 2.74. The molecule has 0 spiro atoms. The summed E-state index contributed by atoms with van der Waals surface area (Å²) in [6.45, 7) is 3.24. The molecule has 1 aromatic heterocycles. The SMILES string of the molecule is CC(C)(O)c1ncc([S@+](N)[O-])s1. The van der Waals surface area contributed by atoms with Crippen molar-refractivity contribution >= 4 is 22.7 Å². The maximum Gasteiger partial charge on any atom is 0.247 e. The summed E-state index contributed by atoms with van der Waals surface area (Å²) in [7, 11) is 0. The lowest BCUT2D eigenvalue weighted by atomic mass is 10.2. The van der Waals surface area contributed by atoms with Gasteiger partial charge in [-0.2, -0.15) is 0 Å². The van der Waals surface area contributed by atoms with Crippen molar-refractivity contribution in [2.24, 2.45) is 5.14 Å². The third kappa shape index (κ3) is 2.18. The number of aromatic nitrogens is 1. The average Bonchev–Trinajstić information content (AvgIpc) is 2.30. The van der Waals surface area contributed by atoms with Crippen LogP contribution in [-0.4, -0.2) is 14.6 Å². The molecule has 1 heterocycles. The third-order valence-corrected chi connectivity index (χ3v) is 3.56. The fourth-order valence-corrected chi connectivity index (χ4v) is 2.01. The summed E-state index contributed by atoms with van der Waals surface area (Å²) in [5.41, 5.74) is -0.984. The van der Waals surface area contributed by atoms with E-state index in [4.69, 9.17) is 5.14 Å². The Hall–Kier alpha value is -0.140. The summed E-state index contributed by atoms with van der Waals surface area (Å²) < 4.78 is 11.2. The minimum atomic E-state index is -1.50. The largest absolute Gasteiger partial charge is 0.592 e. The van der Waals surface area contributed by atoms with Gasteiger partial charge in [0.05, 0.1) is 17.6 Å². The average molecular weight is 206 g/mol. The van der Waals surface area contributed by atoms with Gasteiger partial charge in [0.1, 0.15) is 10.6 Å². The highest BCUT2D eigenvalue weighted by Gasteiger charge is 2.23. The topological polar surface area (TPSA) is 82.2 Å². The molecule has 68 valence electrons. The van der Waals surface area contributed by atoms with Crippen LogP contribution in [0, 0.1) is 0 Å². The Balaban J connectivity index is 2.92. The van der Waals surface area contributed by atoms with Crippen LogP contribution in [0.3, 0.4) is 0 Å². The second kappa shape index (κ2) is 3.31. The Labute approximate surface area is 77.8 Å². The lowest BCUT2D eigenvalue weighted by Crippen LogP contribution is -2.14. The molecular weight excluding hydrogens is 196 g/mol. The molecule has 1 rings (SSSR count). The number of nitrogens with two attached hydrogens (primary N) is 1. The van der Waals surface area contributed by atoms with Crippen molar-refractivity contribution in [3.05, 3.63) is 11.2 Å². The number of aliphatic hydroxyl groups is 1. The van der Waals surface area contributed by atoms with Crippen LogP contribution in [0.25, 0.3) is 0 Å². The summed E-state index contributed by atoms with van der Waals surface area (Å²) in [6.07, 6.45) is 1.42. The standard InChI is InChI=1S/C6H10N2O2S2/c1-6(2,9)5-8-3-4(11-5)12(7)10/h3,9H,7H2,1-2H3/t12-/m1/s1. The van der Waals surface area contributed by atoms with Gasteiger partial charge in [-0.05, 0) is 13.8 Å². The van der Waals surface area contributed by atoms with Gasteiger partial charge in [0.25, 0.3) is 0 Å². The van der Waals surface area contributed by atoms with Crippen molar-refractivity contribution in [3.63, 3.8) is 0 Å². The third-order valence-electron chi connectivity index (χ3n) is 1.21. The zero-order valence-corrected chi connectivity index (χ0v) is 8.41. The van der Waals surface area contributed by atoms with Crippen molar-refractivity contribution in [2.45, 2.75) is 23.7 Å². The Bertz CT molecular complexity index is 267. The molecule has 0 fully saturated rings. The van der Waals surface area contributed by atoms with Crippen LogP contribution in [0.4, 0.5) is 0 Å². The highest BCUT2D eigenvalue weighted by Crippen LogP contribution is 2.26. The molecule has 4 nitrogen and oxygen atoms in total. The van der Waals surface area contributed by atoms with E-state index < -0.39 is 17.0 Å². The smallest absolute Gasteiger partial charge is 0.247 e. The molecule has 0 aliphatic carbocycles. The van der Waals surface area contributed by atoms with Crippen molar-refractivity contribution in [2.75, 3.05) is 0 Å². The van der Waals surface area contributed by atoms with E-state index in [0.29, 0.717) is 9.22 Å². The molecule has 0 amide bonds. The highest BCUT2D eigenvalue weighted by atomic mass is 32.2. The molecule has 0 aliphatic rings. The van der Waals surface area contributed by atoms with E-state index in [-0.39, 0.29) is 0 Å². The Morgan fingerprint density at radius 2 is 2.33 bits per heavy atom. The Morgan fingerprint density at radius 3 is 2.58 bits per heavy atom. The van der Waals surface area contributed by atoms with Crippen molar-refractivity contribution in [1.29, 1.82) is 0 Å². The van der Waals surface area contributed by atoms with E-state index in [0.717, 1.165) is 11.3 Å². The lowest BCUT2D eigenvalue weighted by Gasteiger charge is -2.11. The number of nitrogens with zero attached hydrogens (tertiary/aromatic N) is 1. The minimum absolute atomic E-state index is 0.479. The monoisotopic (exact) mass is 206 g/mol. The first-order chi connectivity index (χ1) is 5.41. The van der Waals surface area contributed by atoms with Gasteiger partial charge in [-0.15, -0.1) is 5.14 Å². The van der Waals surface area contributed by atoms with Gasteiger partial charge >= 0.3 is 0 Å². The number of rotatable bonds is 2. The second-order valence-corrected chi connectivity index (χ2v) is 5.16. The molecule has 0 saturated carbocycles. The first-order valence-electron chi connectivity index (χ1n) is 3.26. The van der Waals surface area contributed by atoms with Crippen LogP contribution in [0.2, 0.25) is 0 Å². The fourth-order valence-electron chi connectivity index (χ4n) is 0.635. The normalized spacial score (nSPS) is 14.8. The van der Waals surface area contributed by atoms with Crippen LogP contribution in [0.5, 0.6) is 0 Å². The quantitative estimate of drug-likeness (QED) is 0.684. The van der Waals surface area contributed by atoms with E-state index >= 15 is 0 Å². The predicted molar refractivity (Wildman–Crippen MR) is 48.0 cm³/mol. The molecule has 1 atom stereocenters. The Morgan fingerprint density at radius 1 is 1.75 bits per heavy atom. The lowest BCUT2D eigenvalue weighted by molar-refractivity contribution is 0.0783. The summed E-state index contributed by atoms with van der Waals surface area (Å²) >= 11 is -0.336. The molecule has 12 heavy (non-hydrogen) atoms. The van der Waals surface area contributed by atoms with Gasteiger partial charge in [-0.3, -0.25) is 0 Å². The van der Waals surface area contributed by atoms with Crippen LogP contribution in [0.1, 0.15) is 18.9 Å². The molecule has 0 aliphatic heterocycles. The number of hydrogen-bond donors (Lipinski definition) is 2. The summed E-state index contributed by atoms with van der Waals surface area (Å²) in [5, 5.41) is 15.1. The van der Waals surface area contributed by atoms with Crippen LogP contribution in [0.15, 0.2) is 10.4 Å². The van der Waals surface area contributed by atoms with Gasteiger partial charge < -0.3 is 9.66 Å². The van der Waals surface area contributed by atoms with E-state index in [9.17, 15) is 9.66 Å². The fraction of sp³-hybridized carbons (Fsp3) is 0.500. The van der Waals surface area contributed by atoms with E-state index in [1.807, 2.05) is 0 Å². The first kappa shape index (κ1) is 9.94. The predicted octanol–water partition coefficient (Wildman–Crippen LogP) is 0.352. The molecule has 1 aromatic rings. The van der Waals surface area contributed by atoms with Gasteiger partial charge in [0.2, 0.25) is 4.21 Å². The number of thiazole rings is 1. The molecule has 6 heteroatoms. The molecule has 3 N–H and O–H groups in total. The molecule has 0 aromatic carbocycles. The van der Waals surface area contributed by atoms with Crippen molar-refractivity contribution in [1.82, 2.24) is 4.98 Å². The summed E-state index contributed by atoms with van der Waals surface area (Å²) in [5.74, 6) is 0. The zero-order chi connectivity index (χ0) is 9.35. The van der Waals surface area contributed by atoms with E-state index in [1.54, 1.807) is 13.8 Å². The van der Waals surface area contributed by atoms with Gasteiger partial charge in [0.15, 0.2) is 0 Å². The molecule has 0 bridgehead atoms. The highest BCUT2D eigenvalue weighted by molar-refractivity contribution is 7.91. The molecule has 0 radical (unpaired) electrons. The minimum Gasteiger partial charge on any atom is -0.592 e. The van der Waals surface area contributed by atoms with Crippen LogP contribution in [-0.2, 0) is 17.0 Å². The van der Waals surface area contributed by atoms with Crippen molar-refractivity contribution in [3.8, 4) is 0 Å². The maximum absolute atomic E-state index is 10.8. The maximum atomic E-state index is 10.8. The summed E-state index contributed by atoms with van der Waals surface area (Å²) in [4.78, 5) is 3.90. The molecular formula is C6H10N2O2S2. The second-order valence-electron chi connectivity index (χ2n) is 2.84. The van der Waals surface area contributed by atoms with Crippen LogP contribution >= 0.6 is 11.3 Å². The first-order valence-corrected chi connectivity index (χ1v) is 5.29. The number of hydrogen-bond acceptors (Lipinski definition) is 5. The molecule has 0 saturated heterocycles. The van der Waals surface area contributed by atoms with Crippen LogP contribution < -0.4 is 5.14 Å². The van der Waals surface area contributed by atoms with Crippen molar-refractivity contribution < 1.29 is 9.66 Å².